The van der Waals surface area contributed by atoms with Crippen LogP contribution >= 0.6 is 0 Å². The quantitative estimate of drug-likeness (QED) is 0.0683. The molecule has 0 fully saturated rings. The first-order valence-electron chi connectivity index (χ1n) is 17.2. The van der Waals surface area contributed by atoms with Gasteiger partial charge in [-0.05, 0) is 55.2 Å². The molecule has 2 aromatic carbocycles. The molecule has 0 heterocycles. The highest BCUT2D eigenvalue weighted by Gasteiger charge is 2.10. The summed E-state index contributed by atoms with van der Waals surface area (Å²) in [6.07, 6.45) is 27.2. The third kappa shape index (κ3) is 16.8. The van der Waals surface area contributed by atoms with Gasteiger partial charge in [-0.15, -0.1) is 0 Å². The Morgan fingerprint density at radius 1 is 0.585 bits per heavy atom. The van der Waals surface area contributed by atoms with Gasteiger partial charge >= 0.3 is 5.97 Å². The topological polar surface area (TPSA) is 35.5 Å². The number of unbranched alkanes of at least 4 members (excludes halogenated alkanes) is 17. The lowest BCUT2D eigenvalue weighted by atomic mass is 10.0. The summed E-state index contributed by atoms with van der Waals surface area (Å²) in [5, 5.41) is 0. The maximum Gasteiger partial charge on any atom is 0.343 e. The maximum atomic E-state index is 12.5. The van der Waals surface area contributed by atoms with E-state index >= 15 is 0 Å². The SMILES string of the molecule is CCCCCCCCCCCCCCCCCCCCOC(C)c1ccc(OC(=O)c2ccc(CCC)cc2)cc1. The molecule has 0 amide bonds. The summed E-state index contributed by atoms with van der Waals surface area (Å²) in [4.78, 5) is 12.5. The normalized spacial score (nSPS) is 12.0. The number of esters is 1. The van der Waals surface area contributed by atoms with E-state index in [2.05, 4.69) is 20.8 Å². The van der Waals surface area contributed by atoms with Crippen LogP contribution in [0.4, 0.5) is 0 Å². The van der Waals surface area contributed by atoms with Crippen LogP contribution in [0.5, 0.6) is 5.75 Å². The van der Waals surface area contributed by atoms with Crippen LogP contribution in [0, 0.1) is 0 Å². The van der Waals surface area contributed by atoms with E-state index in [1.165, 1.54) is 115 Å². The molecular formula is C38H60O3. The molecule has 0 aliphatic heterocycles. The molecule has 0 saturated carbocycles. The lowest BCUT2D eigenvalue weighted by Crippen LogP contribution is -2.08. The second-order valence-electron chi connectivity index (χ2n) is 11.9. The fourth-order valence-electron chi connectivity index (χ4n) is 5.43. The van der Waals surface area contributed by atoms with Crippen LogP contribution in [0.25, 0.3) is 0 Å². The van der Waals surface area contributed by atoms with Gasteiger partial charge in [-0.25, -0.2) is 4.79 Å². The van der Waals surface area contributed by atoms with Crippen molar-refractivity contribution >= 4 is 5.97 Å². The molecule has 0 saturated heterocycles. The Morgan fingerprint density at radius 2 is 1.05 bits per heavy atom. The Morgan fingerprint density at radius 3 is 1.51 bits per heavy atom. The van der Waals surface area contributed by atoms with Gasteiger partial charge in [-0.3, -0.25) is 0 Å². The molecular weight excluding hydrogens is 504 g/mol. The van der Waals surface area contributed by atoms with Gasteiger partial charge in [-0.1, -0.05) is 154 Å². The van der Waals surface area contributed by atoms with Crippen LogP contribution in [-0.4, -0.2) is 12.6 Å². The van der Waals surface area contributed by atoms with Crippen LogP contribution in [0.3, 0.4) is 0 Å². The van der Waals surface area contributed by atoms with Gasteiger partial charge in [0, 0.05) is 6.61 Å². The predicted molar refractivity (Wildman–Crippen MR) is 175 cm³/mol. The molecule has 0 aliphatic carbocycles. The van der Waals surface area contributed by atoms with Crippen LogP contribution < -0.4 is 4.74 Å². The van der Waals surface area contributed by atoms with E-state index in [-0.39, 0.29) is 12.1 Å². The van der Waals surface area contributed by atoms with Gasteiger partial charge in [-0.2, -0.15) is 0 Å². The first-order chi connectivity index (χ1) is 20.1. The van der Waals surface area contributed by atoms with Crippen molar-refractivity contribution < 1.29 is 14.3 Å². The highest BCUT2D eigenvalue weighted by molar-refractivity contribution is 5.91. The van der Waals surface area contributed by atoms with Crippen molar-refractivity contribution in [1.29, 1.82) is 0 Å². The molecule has 0 N–H and O–H groups in total. The number of aryl methyl sites for hydroxylation is 1. The first kappa shape index (κ1) is 35.1. The van der Waals surface area contributed by atoms with E-state index < -0.39 is 0 Å². The molecule has 1 unspecified atom stereocenters. The zero-order valence-electron chi connectivity index (χ0n) is 26.8. The summed E-state index contributed by atoms with van der Waals surface area (Å²) in [5.74, 6) is 0.242. The number of benzene rings is 2. The minimum Gasteiger partial charge on any atom is -0.423 e. The summed E-state index contributed by atoms with van der Waals surface area (Å²) in [5.41, 5.74) is 2.93. The summed E-state index contributed by atoms with van der Waals surface area (Å²) in [7, 11) is 0. The standard InChI is InChI=1S/C38H60O3/c1-4-6-7-8-9-10-11-12-13-14-15-16-17-18-19-20-21-22-32-40-33(3)35-28-30-37(31-29-35)41-38(39)36-26-24-34(23-5-2)25-27-36/h24-31,33H,4-23,32H2,1-3H3. The number of carbonyl (C=O) groups excluding carboxylic acids is 1. The molecule has 0 bridgehead atoms. The summed E-state index contributed by atoms with van der Waals surface area (Å²) >= 11 is 0. The Kier molecular flexibility index (Phi) is 20.0. The number of rotatable bonds is 25. The second kappa shape index (κ2) is 23.4. The Balaban J connectivity index is 1.42. The van der Waals surface area contributed by atoms with E-state index in [1.54, 1.807) is 0 Å². The van der Waals surface area contributed by atoms with Crippen LogP contribution in [0.2, 0.25) is 0 Å². The first-order valence-corrected chi connectivity index (χ1v) is 17.2. The molecule has 0 aromatic heterocycles. The smallest absolute Gasteiger partial charge is 0.343 e. The molecule has 0 aliphatic rings. The molecule has 2 rings (SSSR count). The molecule has 0 spiro atoms. The van der Waals surface area contributed by atoms with E-state index in [9.17, 15) is 4.79 Å². The summed E-state index contributed by atoms with van der Waals surface area (Å²) < 4.78 is 11.6. The average molecular weight is 565 g/mol. The Labute approximate surface area is 252 Å². The largest absolute Gasteiger partial charge is 0.423 e. The third-order valence-electron chi connectivity index (χ3n) is 8.15. The van der Waals surface area contributed by atoms with Gasteiger partial charge in [0.15, 0.2) is 0 Å². The van der Waals surface area contributed by atoms with E-state index in [1.807, 2.05) is 48.5 Å². The summed E-state index contributed by atoms with van der Waals surface area (Å²) in [6, 6.07) is 15.4. The lowest BCUT2D eigenvalue weighted by Gasteiger charge is -2.14. The number of hydrogen-bond donors (Lipinski definition) is 0. The molecule has 1 atom stereocenters. The van der Waals surface area contributed by atoms with Crippen LogP contribution in [0.1, 0.15) is 170 Å². The highest BCUT2D eigenvalue weighted by Crippen LogP contribution is 2.22. The molecule has 2 aromatic rings. The number of hydrogen-bond acceptors (Lipinski definition) is 3. The van der Waals surface area contributed by atoms with Crippen molar-refractivity contribution in [1.82, 2.24) is 0 Å². The summed E-state index contributed by atoms with van der Waals surface area (Å²) in [6.45, 7) is 7.33. The maximum absolute atomic E-state index is 12.5. The van der Waals surface area contributed by atoms with Gasteiger partial charge < -0.3 is 9.47 Å². The van der Waals surface area contributed by atoms with Crippen molar-refractivity contribution in [2.45, 2.75) is 155 Å². The van der Waals surface area contributed by atoms with Crippen molar-refractivity contribution in [3.63, 3.8) is 0 Å². The van der Waals surface area contributed by atoms with Crippen LogP contribution in [-0.2, 0) is 11.2 Å². The van der Waals surface area contributed by atoms with Gasteiger partial charge in [0.05, 0.1) is 11.7 Å². The second-order valence-corrected chi connectivity index (χ2v) is 11.9. The third-order valence-corrected chi connectivity index (χ3v) is 8.15. The fourth-order valence-corrected chi connectivity index (χ4v) is 5.43. The van der Waals surface area contributed by atoms with Crippen molar-refractivity contribution in [2.75, 3.05) is 6.61 Å². The van der Waals surface area contributed by atoms with Crippen molar-refractivity contribution in [3.05, 3.63) is 65.2 Å². The molecule has 3 nitrogen and oxygen atoms in total. The van der Waals surface area contributed by atoms with E-state index in [0.29, 0.717) is 11.3 Å². The van der Waals surface area contributed by atoms with Crippen molar-refractivity contribution in [2.24, 2.45) is 0 Å². The van der Waals surface area contributed by atoms with E-state index in [4.69, 9.17) is 9.47 Å². The zero-order valence-corrected chi connectivity index (χ0v) is 26.8. The predicted octanol–water partition coefficient (Wildman–Crippen LogP) is 12.0. The van der Waals surface area contributed by atoms with Crippen LogP contribution in [0.15, 0.2) is 48.5 Å². The fraction of sp³-hybridized carbons (Fsp3) is 0.658. The van der Waals surface area contributed by atoms with Gasteiger partial charge in [0.25, 0.3) is 0 Å². The monoisotopic (exact) mass is 564 g/mol. The lowest BCUT2D eigenvalue weighted by molar-refractivity contribution is 0.0627. The molecule has 3 heteroatoms. The minimum atomic E-state index is -0.320. The van der Waals surface area contributed by atoms with E-state index in [0.717, 1.165) is 31.4 Å². The molecule has 0 radical (unpaired) electrons. The van der Waals surface area contributed by atoms with Gasteiger partial charge in [0.1, 0.15) is 5.75 Å². The Hall–Kier alpha value is -2.13. The number of carbonyl (C=O) groups is 1. The molecule has 41 heavy (non-hydrogen) atoms. The van der Waals surface area contributed by atoms with Gasteiger partial charge in [0.2, 0.25) is 0 Å². The number of ether oxygens (including phenoxy) is 2. The highest BCUT2D eigenvalue weighted by atomic mass is 16.5. The minimum absolute atomic E-state index is 0.0386. The Bertz CT molecular complexity index is 887. The zero-order chi connectivity index (χ0) is 29.4. The average Bonchev–Trinajstić information content (AvgIpc) is 2.99. The molecule has 230 valence electrons. The van der Waals surface area contributed by atoms with Crippen molar-refractivity contribution in [3.8, 4) is 5.75 Å².